The molecule has 0 saturated heterocycles. The predicted molar refractivity (Wildman–Crippen MR) is 81.4 cm³/mol. The molecule has 0 aliphatic heterocycles. The molecule has 20 heavy (non-hydrogen) atoms. The molecule has 1 N–H and O–H groups in total. The summed E-state index contributed by atoms with van der Waals surface area (Å²) in [7, 11) is 0. The van der Waals surface area contributed by atoms with Crippen molar-refractivity contribution in [2.75, 3.05) is 0 Å². The van der Waals surface area contributed by atoms with Crippen LogP contribution in [0.1, 0.15) is 39.7 Å². The zero-order valence-electron chi connectivity index (χ0n) is 11.9. The van der Waals surface area contributed by atoms with Crippen LogP contribution in [0.15, 0.2) is 29.1 Å². The van der Waals surface area contributed by atoms with E-state index in [1.165, 1.54) is 11.5 Å². The van der Waals surface area contributed by atoms with Gasteiger partial charge in [0.15, 0.2) is 0 Å². The van der Waals surface area contributed by atoms with Crippen LogP contribution >= 0.6 is 11.5 Å². The Kier molecular flexibility index (Phi) is 3.99. The van der Waals surface area contributed by atoms with Crippen molar-refractivity contribution in [1.29, 1.82) is 0 Å². The minimum atomic E-state index is -0.872. The van der Waals surface area contributed by atoms with Crippen molar-refractivity contribution < 1.29 is 9.90 Å². The maximum atomic E-state index is 12.4. The molecule has 2 aromatic rings. The van der Waals surface area contributed by atoms with Crippen LogP contribution in [0.4, 0.5) is 0 Å². The third-order valence-electron chi connectivity index (χ3n) is 3.10. The average molecular weight is 293 g/mol. The first-order valence-electron chi connectivity index (χ1n) is 6.60. The molecule has 0 saturated carbocycles. The number of rotatable bonds is 4. The molecule has 0 spiro atoms. The highest BCUT2D eigenvalue weighted by Gasteiger charge is 2.25. The molecule has 0 aliphatic rings. The second-order valence-corrected chi connectivity index (χ2v) is 7.25. The van der Waals surface area contributed by atoms with Crippen molar-refractivity contribution in [2.24, 2.45) is 5.41 Å². The van der Waals surface area contributed by atoms with Crippen LogP contribution in [-0.2, 0) is 4.79 Å². The van der Waals surface area contributed by atoms with Gasteiger partial charge in [-0.25, -0.2) is 0 Å². The zero-order valence-corrected chi connectivity index (χ0v) is 12.7. The molecular weight excluding hydrogens is 274 g/mol. The van der Waals surface area contributed by atoms with Crippen LogP contribution in [0.25, 0.3) is 10.1 Å². The lowest BCUT2D eigenvalue weighted by Crippen LogP contribution is -2.25. The molecule has 0 bridgehead atoms. The summed E-state index contributed by atoms with van der Waals surface area (Å²) in [5.74, 6) is -0.872. The number of carbonyl (C=O) groups is 1. The summed E-state index contributed by atoms with van der Waals surface area (Å²) >= 11 is 1.36. The van der Waals surface area contributed by atoms with Crippen LogP contribution in [0.5, 0.6) is 0 Å². The molecule has 0 aliphatic carbocycles. The summed E-state index contributed by atoms with van der Waals surface area (Å²) in [6.07, 6.45) is 0.635. The number of aliphatic carboxylic acids is 1. The largest absolute Gasteiger partial charge is 0.481 e. The van der Waals surface area contributed by atoms with E-state index in [0.29, 0.717) is 11.8 Å². The summed E-state index contributed by atoms with van der Waals surface area (Å²) in [6, 6.07) is 7.11. The van der Waals surface area contributed by atoms with Gasteiger partial charge in [0.2, 0.25) is 0 Å². The third-order valence-corrected chi connectivity index (χ3v) is 4.32. The topological polar surface area (TPSA) is 59.3 Å². The maximum Gasteiger partial charge on any atom is 0.305 e. The van der Waals surface area contributed by atoms with Crippen LogP contribution in [-0.4, -0.2) is 15.0 Å². The molecule has 4 nitrogen and oxygen atoms in total. The Morgan fingerprint density at radius 2 is 2.00 bits per heavy atom. The van der Waals surface area contributed by atoms with E-state index in [-0.39, 0.29) is 23.4 Å². The minimum absolute atomic E-state index is 0.0238. The molecule has 0 amide bonds. The average Bonchev–Trinajstić information content (AvgIpc) is 2.64. The molecule has 108 valence electrons. The van der Waals surface area contributed by atoms with E-state index in [1.807, 2.05) is 18.2 Å². The van der Waals surface area contributed by atoms with Crippen LogP contribution < -0.4 is 5.56 Å². The maximum absolute atomic E-state index is 12.4. The van der Waals surface area contributed by atoms with Crippen LogP contribution in [0, 0.1) is 5.41 Å². The lowest BCUT2D eigenvalue weighted by atomic mass is 9.87. The van der Waals surface area contributed by atoms with Crippen LogP contribution in [0.3, 0.4) is 0 Å². The number of hydrogen-bond acceptors (Lipinski definition) is 3. The minimum Gasteiger partial charge on any atom is -0.481 e. The Morgan fingerprint density at radius 1 is 1.35 bits per heavy atom. The summed E-state index contributed by atoms with van der Waals surface area (Å²) in [6.45, 7) is 6.17. The monoisotopic (exact) mass is 293 g/mol. The lowest BCUT2D eigenvalue weighted by Gasteiger charge is -2.25. The van der Waals surface area contributed by atoms with E-state index >= 15 is 0 Å². The van der Waals surface area contributed by atoms with Gasteiger partial charge in [0.1, 0.15) is 0 Å². The van der Waals surface area contributed by atoms with E-state index in [4.69, 9.17) is 5.11 Å². The highest BCUT2D eigenvalue weighted by Crippen LogP contribution is 2.31. The van der Waals surface area contributed by atoms with Crippen molar-refractivity contribution in [3.63, 3.8) is 0 Å². The van der Waals surface area contributed by atoms with E-state index in [2.05, 4.69) is 20.8 Å². The molecular formula is C15H19NO3S. The molecule has 0 radical (unpaired) electrons. The number of carboxylic acids is 1. The molecule has 5 heteroatoms. The van der Waals surface area contributed by atoms with Crippen molar-refractivity contribution in [3.05, 3.63) is 34.6 Å². The second-order valence-electron chi connectivity index (χ2n) is 6.23. The Balaban J connectivity index is 2.47. The fraction of sp³-hybridized carbons (Fsp3) is 0.467. The van der Waals surface area contributed by atoms with Gasteiger partial charge in [0, 0.05) is 0 Å². The van der Waals surface area contributed by atoms with Crippen molar-refractivity contribution >= 4 is 27.6 Å². The molecule has 1 aromatic heterocycles. The van der Waals surface area contributed by atoms with Crippen molar-refractivity contribution in [3.8, 4) is 0 Å². The number of carboxylic acid groups (broad SMARTS) is 1. The Labute approximate surface area is 121 Å². The second kappa shape index (κ2) is 5.40. The van der Waals surface area contributed by atoms with Gasteiger partial charge in [-0.1, -0.05) is 44.4 Å². The highest BCUT2D eigenvalue weighted by molar-refractivity contribution is 7.13. The standard InChI is InChI=1S/C15H19NO3S/c1-15(2,3)9-10(8-13(17)18)16-14(19)11-6-4-5-7-12(11)20-16/h4-7,10H,8-9H2,1-3H3,(H,17,18). The Bertz CT molecular complexity index is 678. The fourth-order valence-corrected chi connectivity index (χ4v) is 3.46. The summed E-state index contributed by atoms with van der Waals surface area (Å²) < 4.78 is 2.53. The first-order chi connectivity index (χ1) is 9.28. The van der Waals surface area contributed by atoms with E-state index in [0.717, 1.165) is 4.70 Å². The van der Waals surface area contributed by atoms with E-state index in [9.17, 15) is 9.59 Å². The van der Waals surface area contributed by atoms with Gasteiger partial charge in [0.05, 0.1) is 22.5 Å². The summed E-state index contributed by atoms with van der Waals surface area (Å²) in [4.78, 5) is 23.5. The van der Waals surface area contributed by atoms with Gasteiger partial charge < -0.3 is 5.11 Å². The van der Waals surface area contributed by atoms with Gasteiger partial charge in [0.25, 0.3) is 5.56 Å². The Hall–Kier alpha value is -1.62. The van der Waals surface area contributed by atoms with E-state index in [1.54, 1.807) is 10.0 Å². The number of hydrogen-bond donors (Lipinski definition) is 1. The van der Waals surface area contributed by atoms with Gasteiger partial charge in [-0.15, -0.1) is 0 Å². The summed E-state index contributed by atoms with van der Waals surface area (Å²) in [5, 5.41) is 9.77. The van der Waals surface area contributed by atoms with Crippen LogP contribution in [0.2, 0.25) is 0 Å². The molecule has 1 atom stereocenters. The Morgan fingerprint density at radius 3 is 2.55 bits per heavy atom. The number of benzene rings is 1. The molecule has 0 fully saturated rings. The van der Waals surface area contributed by atoms with Crippen molar-refractivity contribution in [2.45, 2.75) is 39.7 Å². The van der Waals surface area contributed by atoms with Crippen molar-refractivity contribution in [1.82, 2.24) is 3.96 Å². The number of nitrogens with zero attached hydrogens (tertiary/aromatic N) is 1. The smallest absolute Gasteiger partial charge is 0.305 e. The lowest BCUT2D eigenvalue weighted by molar-refractivity contribution is -0.138. The predicted octanol–water partition coefficient (Wildman–Crippen LogP) is 3.52. The molecule has 1 unspecified atom stereocenters. The molecule has 1 aromatic carbocycles. The highest BCUT2D eigenvalue weighted by atomic mass is 32.1. The van der Waals surface area contributed by atoms with Gasteiger partial charge in [-0.2, -0.15) is 0 Å². The molecule has 1 heterocycles. The van der Waals surface area contributed by atoms with Gasteiger partial charge in [-0.3, -0.25) is 13.5 Å². The first-order valence-corrected chi connectivity index (χ1v) is 7.37. The third kappa shape index (κ3) is 3.28. The quantitative estimate of drug-likeness (QED) is 0.938. The van der Waals surface area contributed by atoms with Gasteiger partial charge in [-0.05, 0) is 24.0 Å². The normalized spacial score (nSPS) is 13.6. The fourth-order valence-electron chi connectivity index (χ4n) is 2.38. The van der Waals surface area contributed by atoms with Gasteiger partial charge >= 0.3 is 5.97 Å². The SMILES string of the molecule is CC(C)(C)CC(CC(=O)O)n1sc2ccccc2c1=O. The number of aromatic nitrogens is 1. The first kappa shape index (κ1) is 14.8. The summed E-state index contributed by atoms with van der Waals surface area (Å²) in [5.41, 5.74) is -0.114. The number of fused-ring (bicyclic) bond motifs is 1. The van der Waals surface area contributed by atoms with E-state index < -0.39 is 5.97 Å². The zero-order chi connectivity index (χ0) is 14.9. The molecule has 2 rings (SSSR count).